The van der Waals surface area contributed by atoms with Gasteiger partial charge in [0.2, 0.25) is 0 Å². The number of ether oxygens (including phenoxy) is 1. The van der Waals surface area contributed by atoms with Gasteiger partial charge in [0, 0.05) is 18.8 Å². The number of rotatable bonds is 4. The van der Waals surface area contributed by atoms with E-state index in [0.29, 0.717) is 17.4 Å². The second-order valence-electron chi connectivity index (χ2n) is 4.54. The topological polar surface area (TPSA) is 45.0 Å². The van der Waals surface area contributed by atoms with Gasteiger partial charge < -0.3 is 10.1 Å². The quantitative estimate of drug-likeness (QED) is 0.890. The Morgan fingerprint density at radius 3 is 3.00 bits per heavy atom. The van der Waals surface area contributed by atoms with E-state index in [1.807, 2.05) is 6.07 Å². The molecule has 1 N–H and O–H groups in total. The summed E-state index contributed by atoms with van der Waals surface area (Å²) in [4.78, 5) is 0. The number of nitriles is 1. The maximum absolute atomic E-state index is 13.2. The first-order valence-corrected chi connectivity index (χ1v) is 6.34. The van der Waals surface area contributed by atoms with Gasteiger partial charge in [-0.3, -0.25) is 0 Å². The highest BCUT2D eigenvalue weighted by molar-refractivity contribution is 5.49. The number of benzene rings is 1. The monoisotopic (exact) mass is 248 g/mol. The molecule has 2 rings (SSSR count). The van der Waals surface area contributed by atoms with Gasteiger partial charge >= 0.3 is 0 Å². The van der Waals surface area contributed by atoms with Crippen molar-refractivity contribution in [1.29, 1.82) is 5.26 Å². The fourth-order valence-corrected chi connectivity index (χ4v) is 2.17. The lowest BCUT2D eigenvalue weighted by molar-refractivity contribution is 0.0134. The maximum Gasteiger partial charge on any atom is 0.126 e. The van der Waals surface area contributed by atoms with E-state index >= 15 is 0 Å². The van der Waals surface area contributed by atoms with E-state index in [1.54, 1.807) is 6.07 Å². The molecule has 1 heterocycles. The zero-order chi connectivity index (χ0) is 12.8. The van der Waals surface area contributed by atoms with Crippen LogP contribution in [0.4, 0.5) is 10.1 Å². The summed E-state index contributed by atoms with van der Waals surface area (Å²) >= 11 is 0. The Hall–Kier alpha value is -1.60. The number of nitrogens with one attached hydrogen (secondary N) is 1. The van der Waals surface area contributed by atoms with Crippen LogP contribution in [0, 0.1) is 17.1 Å². The summed E-state index contributed by atoms with van der Waals surface area (Å²) in [6.07, 6.45) is 4.71. The minimum atomic E-state index is -0.384. The first-order chi connectivity index (χ1) is 8.78. The molecular weight excluding hydrogens is 231 g/mol. The first-order valence-electron chi connectivity index (χ1n) is 6.34. The van der Waals surface area contributed by atoms with Crippen LogP contribution in [0.3, 0.4) is 0 Å². The van der Waals surface area contributed by atoms with Crippen LogP contribution >= 0.6 is 0 Å². The standard InChI is InChI=1S/C14H17FN2O/c15-12-7-11(10-16)8-13(9-12)17-5-4-14-3-1-2-6-18-14/h7-9,14,17H,1-6H2. The fourth-order valence-electron chi connectivity index (χ4n) is 2.17. The summed E-state index contributed by atoms with van der Waals surface area (Å²) in [5.41, 5.74) is 0.994. The number of hydrogen-bond acceptors (Lipinski definition) is 3. The van der Waals surface area contributed by atoms with Crippen LogP contribution in [0.1, 0.15) is 31.2 Å². The van der Waals surface area contributed by atoms with Crippen molar-refractivity contribution in [3.63, 3.8) is 0 Å². The maximum atomic E-state index is 13.2. The normalized spacial score (nSPS) is 19.2. The van der Waals surface area contributed by atoms with E-state index in [1.165, 1.54) is 18.6 Å². The van der Waals surface area contributed by atoms with Crippen LogP contribution < -0.4 is 5.32 Å². The molecule has 1 fully saturated rings. The Morgan fingerprint density at radius 1 is 1.39 bits per heavy atom. The Labute approximate surface area is 107 Å². The van der Waals surface area contributed by atoms with E-state index in [9.17, 15) is 4.39 Å². The third-order valence-corrected chi connectivity index (χ3v) is 3.10. The van der Waals surface area contributed by atoms with Gasteiger partial charge in [0.05, 0.1) is 17.7 Å². The lowest BCUT2D eigenvalue weighted by Crippen LogP contribution is -2.22. The molecule has 0 aliphatic carbocycles. The second kappa shape index (κ2) is 6.36. The van der Waals surface area contributed by atoms with Crippen LogP contribution in [0.15, 0.2) is 18.2 Å². The minimum absolute atomic E-state index is 0.315. The van der Waals surface area contributed by atoms with Gasteiger partial charge in [-0.05, 0) is 43.9 Å². The third-order valence-electron chi connectivity index (χ3n) is 3.10. The summed E-state index contributed by atoms with van der Waals surface area (Å²) in [7, 11) is 0. The van der Waals surface area contributed by atoms with Crippen molar-refractivity contribution in [2.75, 3.05) is 18.5 Å². The molecule has 1 aromatic carbocycles. The van der Waals surface area contributed by atoms with Crippen LogP contribution in [0.2, 0.25) is 0 Å². The van der Waals surface area contributed by atoms with Crippen molar-refractivity contribution in [3.8, 4) is 6.07 Å². The molecule has 4 heteroatoms. The van der Waals surface area contributed by atoms with Gasteiger partial charge in [-0.1, -0.05) is 0 Å². The van der Waals surface area contributed by atoms with Gasteiger partial charge in [-0.2, -0.15) is 5.26 Å². The second-order valence-corrected chi connectivity index (χ2v) is 4.54. The van der Waals surface area contributed by atoms with E-state index < -0.39 is 0 Å². The molecule has 18 heavy (non-hydrogen) atoms. The molecule has 96 valence electrons. The third kappa shape index (κ3) is 3.71. The van der Waals surface area contributed by atoms with Crippen molar-refractivity contribution < 1.29 is 9.13 Å². The predicted molar refractivity (Wildman–Crippen MR) is 67.8 cm³/mol. The summed E-state index contributed by atoms with van der Waals surface area (Å²) in [5, 5.41) is 11.9. The van der Waals surface area contributed by atoms with E-state index in [-0.39, 0.29) is 5.82 Å². The predicted octanol–water partition coefficient (Wildman–Crippen LogP) is 3.07. The molecule has 1 saturated heterocycles. The molecule has 0 amide bonds. The highest BCUT2D eigenvalue weighted by atomic mass is 19.1. The van der Waals surface area contributed by atoms with Gasteiger partial charge in [-0.15, -0.1) is 0 Å². The van der Waals surface area contributed by atoms with E-state index in [2.05, 4.69) is 5.32 Å². The Balaban J connectivity index is 1.82. The first kappa shape index (κ1) is 12.8. The Morgan fingerprint density at radius 2 is 2.28 bits per heavy atom. The summed E-state index contributed by atoms with van der Waals surface area (Å²) < 4.78 is 18.8. The molecule has 0 spiro atoms. The van der Waals surface area contributed by atoms with Crippen LogP contribution in [-0.2, 0) is 4.74 Å². The minimum Gasteiger partial charge on any atom is -0.385 e. The zero-order valence-electron chi connectivity index (χ0n) is 10.3. The van der Waals surface area contributed by atoms with Crippen molar-refractivity contribution in [3.05, 3.63) is 29.6 Å². The number of nitrogens with zero attached hydrogens (tertiary/aromatic N) is 1. The van der Waals surface area contributed by atoms with Gasteiger partial charge in [0.15, 0.2) is 0 Å². The highest BCUT2D eigenvalue weighted by Crippen LogP contribution is 2.17. The number of hydrogen-bond donors (Lipinski definition) is 1. The molecule has 3 nitrogen and oxygen atoms in total. The molecule has 1 aromatic rings. The molecule has 1 unspecified atom stereocenters. The van der Waals surface area contributed by atoms with Gasteiger partial charge in [0.1, 0.15) is 5.82 Å². The van der Waals surface area contributed by atoms with Crippen LogP contribution in [0.5, 0.6) is 0 Å². The van der Waals surface area contributed by atoms with E-state index in [4.69, 9.17) is 10.00 Å². The van der Waals surface area contributed by atoms with Crippen molar-refractivity contribution in [2.24, 2.45) is 0 Å². The molecular formula is C14H17FN2O. The summed E-state index contributed by atoms with van der Waals surface area (Å²) in [5.74, 6) is -0.384. The molecule has 1 aliphatic rings. The van der Waals surface area contributed by atoms with Crippen molar-refractivity contribution in [1.82, 2.24) is 0 Å². The fraction of sp³-hybridized carbons (Fsp3) is 0.500. The van der Waals surface area contributed by atoms with E-state index in [0.717, 1.165) is 32.4 Å². The Bertz CT molecular complexity index is 436. The molecule has 0 saturated carbocycles. The molecule has 0 bridgehead atoms. The zero-order valence-corrected chi connectivity index (χ0v) is 10.3. The Kier molecular flexibility index (Phi) is 4.54. The average molecular weight is 248 g/mol. The summed E-state index contributed by atoms with van der Waals surface area (Å²) in [6, 6.07) is 6.24. The van der Waals surface area contributed by atoms with Gasteiger partial charge in [0.25, 0.3) is 0 Å². The SMILES string of the molecule is N#Cc1cc(F)cc(NCCC2CCCCO2)c1. The smallest absolute Gasteiger partial charge is 0.126 e. The average Bonchev–Trinajstić information content (AvgIpc) is 2.39. The number of halogens is 1. The number of anilines is 1. The highest BCUT2D eigenvalue weighted by Gasteiger charge is 2.13. The molecule has 1 aliphatic heterocycles. The van der Waals surface area contributed by atoms with Crippen LogP contribution in [0.25, 0.3) is 0 Å². The van der Waals surface area contributed by atoms with Crippen molar-refractivity contribution in [2.45, 2.75) is 31.8 Å². The van der Waals surface area contributed by atoms with Crippen molar-refractivity contribution >= 4 is 5.69 Å². The van der Waals surface area contributed by atoms with Crippen LogP contribution in [-0.4, -0.2) is 19.3 Å². The lowest BCUT2D eigenvalue weighted by atomic mass is 10.1. The van der Waals surface area contributed by atoms with Gasteiger partial charge in [-0.25, -0.2) is 4.39 Å². The lowest BCUT2D eigenvalue weighted by Gasteiger charge is -2.22. The molecule has 0 aromatic heterocycles. The molecule has 1 atom stereocenters. The molecule has 0 radical (unpaired) electrons. The summed E-state index contributed by atoms with van der Waals surface area (Å²) in [6.45, 7) is 1.59. The largest absolute Gasteiger partial charge is 0.385 e.